The van der Waals surface area contributed by atoms with Crippen LogP contribution in [0.5, 0.6) is 5.75 Å². The van der Waals surface area contributed by atoms with Gasteiger partial charge in [-0.1, -0.05) is 19.1 Å². The van der Waals surface area contributed by atoms with Crippen LogP contribution in [0.15, 0.2) is 24.3 Å². The Morgan fingerprint density at radius 2 is 1.95 bits per heavy atom. The fourth-order valence-corrected chi connectivity index (χ4v) is 2.40. The molecule has 1 aromatic rings. The van der Waals surface area contributed by atoms with Crippen LogP contribution >= 0.6 is 0 Å². The van der Waals surface area contributed by atoms with E-state index < -0.39 is 0 Å². The molecule has 0 bridgehead atoms. The number of carbonyl (C=O) groups is 1. The maximum absolute atomic E-state index is 12.0. The van der Waals surface area contributed by atoms with Crippen molar-refractivity contribution in [2.75, 3.05) is 26.7 Å². The first kappa shape index (κ1) is 14.9. The molecule has 1 aliphatic rings. The van der Waals surface area contributed by atoms with Gasteiger partial charge in [0.05, 0.1) is 0 Å². The summed E-state index contributed by atoms with van der Waals surface area (Å²) in [6.45, 7) is 4.95. The van der Waals surface area contributed by atoms with Crippen molar-refractivity contribution in [1.82, 2.24) is 10.2 Å². The summed E-state index contributed by atoms with van der Waals surface area (Å²) in [5.41, 5.74) is 1.20. The Morgan fingerprint density at radius 1 is 1.30 bits per heavy atom. The van der Waals surface area contributed by atoms with E-state index in [1.807, 2.05) is 36.2 Å². The average molecular weight is 276 g/mol. The number of ether oxygens (including phenoxy) is 1. The molecule has 0 radical (unpaired) electrons. The minimum Gasteiger partial charge on any atom is -0.484 e. The second-order valence-corrected chi connectivity index (χ2v) is 5.53. The molecule has 1 N–H and O–H groups in total. The number of hydrogen-bond donors (Lipinski definition) is 1. The summed E-state index contributed by atoms with van der Waals surface area (Å²) < 4.78 is 5.57. The highest BCUT2D eigenvalue weighted by molar-refractivity contribution is 5.77. The van der Waals surface area contributed by atoms with Crippen molar-refractivity contribution in [2.24, 2.45) is 5.92 Å². The Labute approximate surface area is 121 Å². The van der Waals surface area contributed by atoms with Crippen LogP contribution in [-0.2, 0) is 11.3 Å². The number of nitrogens with one attached hydrogen (secondary N) is 1. The zero-order chi connectivity index (χ0) is 14.4. The van der Waals surface area contributed by atoms with Gasteiger partial charge >= 0.3 is 0 Å². The van der Waals surface area contributed by atoms with E-state index in [9.17, 15) is 4.79 Å². The van der Waals surface area contributed by atoms with Crippen LogP contribution in [-0.4, -0.2) is 37.6 Å². The highest BCUT2D eigenvalue weighted by Gasteiger charge is 2.20. The van der Waals surface area contributed by atoms with Gasteiger partial charge in [-0.15, -0.1) is 0 Å². The van der Waals surface area contributed by atoms with Gasteiger partial charge in [0.1, 0.15) is 5.75 Å². The summed E-state index contributed by atoms with van der Waals surface area (Å²) in [5.74, 6) is 1.58. The maximum Gasteiger partial charge on any atom is 0.260 e. The van der Waals surface area contributed by atoms with Crippen LogP contribution in [0.4, 0.5) is 0 Å². The summed E-state index contributed by atoms with van der Waals surface area (Å²) in [7, 11) is 1.92. The quantitative estimate of drug-likeness (QED) is 0.895. The summed E-state index contributed by atoms with van der Waals surface area (Å²) in [5, 5.41) is 3.10. The topological polar surface area (TPSA) is 41.6 Å². The van der Waals surface area contributed by atoms with Gasteiger partial charge in [0.25, 0.3) is 5.91 Å². The van der Waals surface area contributed by atoms with E-state index in [2.05, 4.69) is 12.2 Å². The van der Waals surface area contributed by atoms with Crippen LogP contribution in [0.1, 0.15) is 25.3 Å². The molecule has 0 aromatic heterocycles. The summed E-state index contributed by atoms with van der Waals surface area (Å²) >= 11 is 0. The molecular formula is C16H24N2O2. The Kier molecular flexibility index (Phi) is 5.41. The lowest BCUT2D eigenvalue weighted by atomic mass is 9.99. The molecule has 0 spiro atoms. The smallest absolute Gasteiger partial charge is 0.260 e. The molecule has 0 saturated carbocycles. The number of benzene rings is 1. The lowest BCUT2D eigenvalue weighted by molar-refractivity contribution is -0.134. The number of nitrogens with zero attached hydrogens (tertiary/aromatic N) is 1. The van der Waals surface area contributed by atoms with Crippen molar-refractivity contribution < 1.29 is 9.53 Å². The molecule has 2 rings (SSSR count). The van der Waals surface area contributed by atoms with E-state index in [1.165, 1.54) is 5.56 Å². The Hall–Kier alpha value is -1.55. The molecule has 1 saturated heterocycles. The predicted molar refractivity (Wildman–Crippen MR) is 79.7 cm³/mol. The zero-order valence-electron chi connectivity index (χ0n) is 12.4. The third-order valence-electron chi connectivity index (χ3n) is 3.80. The number of carbonyl (C=O) groups excluding carboxylic acids is 1. The molecule has 1 fully saturated rings. The summed E-state index contributed by atoms with van der Waals surface area (Å²) in [6.07, 6.45) is 2.20. The van der Waals surface area contributed by atoms with Gasteiger partial charge in [-0.2, -0.15) is 0 Å². The lowest BCUT2D eigenvalue weighted by Crippen LogP contribution is -2.40. The largest absolute Gasteiger partial charge is 0.484 e. The molecule has 1 aromatic carbocycles. The first-order valence-electron chi connectivity index (χ1n) is 7.33. The minimum atomic E-state index is 0.0937. The first-order chi connectivity index (χ1) is 9.69. The highest BCUT2D eigenvalue weighted by Crippen LogP contribution is 2.17. The van der Waals surface area contributed by atoms with Gasteiger partial charge < -0.3 is 15.0 Å². The number of amides is 1. The van der Waals surface area contributed by atoms with E-state index in [0.717, 1.165) is 44.1 Å². The summed E-state index contributed by atoms with van der Waals surface area (Å²) in [4.78, 5) is 14.0. The zero-order valence-corrected chi connectivity index (χ0v) is 12.4. The lowest BCUT2D eigenvalue weighted by Gasteiger charge is -2.30. The van der Waals surface area contributed by atoms with Gasteiger partial charge in [-0.3, -0.25) is 4.79 Å². The molecule has 4 heteroatoms. The second kappa shape index (κ2) is 7.29. The van der Waals surface area contributed by atoms with Crippen molar-refractivity contribution in [1.29, 1.82) is 0 Å². The number of hydrogen-bond acceptors (Lipinski definition) is 3. The monoisotopic (exact) mass is 276 g/mol. The van der Waals surface area contributed by atoms with E-state index in [0.29, 0.717) is 0 Å². The van der Waals surface area contributed by atoms with E-state index in [-0.39, 0.29) is 12.5 Å². The Morgan fingerprint density at radius 3 is 2.55 bits per heavy atom. The number of piperidine rings is 1. The van der Waals surface area contributed by atoms with Crippen molar-refractivity contribution >= 4 is 5.91 Å². The van der Waals surface area contributed by atoms with Gasteiger partial charge in [0.15, 0.2) is 6.61 Å². The van der Waals surface area contributed by atoms with Gasteiger partial charge in [0, 0.05) is 19.6 Å². The van der Waals surface area contributed by atoms with Gasteiger partial charge in [-0.05, 0) is 43.5 Å². The van der Waals surface area contributed by atoms with E-state index >= 15 is 0 Å². The van der Waals surface area contributed by atoms with Crippen LogP contribution in [0.2, 0.25) is 0 Å². The first-order valence-corrected chi connectivity index (χ1v) is 7.33. The van der Waals surface area contributed by atoms with Crippen molar-refractivity contribution in [3.05, 3.63) is 29.8 Å². The third-order valence-corrected chi connectivity index (χ3v) is 3.80. The maximum atomic E-state index is 12.0. The number of rotatable bonds is 5. The van der Waals surface area contributed by atoms with Crippen molar-refractivity contribution in [3.63, 3.8) is 0 Å². The van der Waals surface area contributed by atoms with Gasteiger partial charge in [-0.25, -0.2) is 0 Å². The third kappa shape index (κ3) is 4.23. The van der Waals surface area contributed by atoms with Crippen molar-refractivity contribution in [2.45, 2.75) is 26.3 Å². The normalized spacial score (nSPS) is 16.2. The molecule has 20 heavy (non-hydrogen) atoms. The average Bonchev–Trinajstić information content (AvgIpc) is 2.47. The second-order valence-electron chi connectivity index (χ2n) is 5.53. The molecule has 1 aliphatic heterocycles. The molecule has 4 nitrogen and oxygen atoms in total. The van der Waals surface area contributed by atoms with Crippen LogP contribution in [0.25, 0.3) is 0 Å². The van der Waals surface area contributed by atoms with E-state index in [4.69, 9.17) is 4.74 Å². The Balaban J connectivity index is 1.78. The van der Waals surface area contributed by atoms with Gasteiger partial charge in [0.2, 0.25) is 0 Å². The molecule has 110 valence electrons. The predicted octanol–water partition coefficient (Wildman–Crippen LogP) is 2.04. The molecule has 1 heterocycles. The minimum absolute atomic E-state index is 0.0937. The van der Waals surface area contributed by atoms with Crippen LogP contribution in [0, 0.1) is 5.92 Å². The van der Waals surface area contributed by atoms with E-state index in [1.54, 1.807) is 0 Å². The highest BCUT2D eigenvalue weighted by atomic mass is 16.5. The molecule has 0 aliphatic carbocycles. The molecule has 1 amide bonds. The molecule has 0 unspecified atom stereocenters. The summed E-state index contributed by atoms with van der Waals surface area (Å²) in [6, 6.07) is 7.86. The molecule has 0 atom stereocenters. The van der Waals surface area contributed by atoms with Crippen LogP contribution < -0.4 is 10.1 Å². The van der Waals surface area contributed by atoms with Crippen LogP contribution in [0.3, 0.4) is 0 Å². The standard InChI is InChI=1S/C16H24N2O2/c1-13-7-9-18(10-8-13)16(19)12-20-15-5-3-14(4-6-15)11-17-2/h3-6,13,17H,7-12H2,1-2H3. The SMILES string of the molecule is CNCc1ccc(OCC(=O)N2CCC(C)CC2)cc1. The fraction of sp³-hybridized carbons (Fsp3) is 0.562. The van der Waals surface area contributed by atoms with Crippen molar-refractivity contribution in [3.8, 4) is 5.75 Å². The molecular weight excluding hydrogens is 252 g/mol. The Bertz CT molecular complexity index is 423. The fourth-order valence-electron chi connectivity index (χ4n) is 2.40. The number of likely N-dealkylation sites (tertiary alicyclic amines) is 1.